The molecule has 0 radical (unpaired) electrons. The molecular formula is C45H27N3O. The minimum atomic E-state index is 0.601. The van der Waals surface area contributed by atoms with Crippen LogP contribution in [0, 0.1) is 0 Å². The number of furan rings is 1. The lowest BCUT2D eigenvalue weighted by Gasteiger charge is -2.11. The maximum absolute atomic E-state index is 6.51. The molecule has 0 aliphatic carbocycles. The van der Waals surface area contributed by atoms with Crippen molar-refractivity contribution in [1.82, 2.24) is 15.0 Å². The van der Waals surface area contributed by atoms with E-state index in [0.717, 1.165) is 55.1 Å². The van der Waals surface area contributed by atoms with Crippen LogP contribution in [0.2, 0.25) is 0 Å². The summed E-state index contributed by atoms with van der Waals surface area (Å²) in [7, 11) is 0. The number of benzene rings is 8. The Morgan fingerprint density at radius 3 is 1.73 bits per heavy atom. The zero-order valence-corrected chi connectivity index (χ0v) is 26.3. The van der Waals surface area contributed by atoms with E-state index in [1.54, 1.807) is 0 Å². The molecule has 0 fully saturated rings. The van der Waals surface area contributed by atoms with Crippen molar-refractivity contribution in [2.24, 2.45) is 0 Å². The molecule has 0 atom stereocenters. The third kappa shape index (κ3) is 4.57. The van der Waals surface area contributed by atoms with Gasteiger partial charge in [0.15, 0.2) is 17.5 Å². The second-order valence-corrected chi connectivity index (χ2v) is 12.4. The Morgan fingerprint density at radius 2 is 0.898 bits per heavy atom. The summed E-state index contributed by atoms with van der Waals surface area (Å²) in [5, 5.41) is 9.24. The van der Waals surface area contributed by atoms with Gasteiger partial charge in [0.2, 0.25) is 0 Å². The second kappa shape index (κ2) is 11.0. The Bertz CT molecular complexity index is 2890. The van der Waals surface area contributed by atoms with Gasteiger partial charge in [-0.3, -0.25) is 0 Å². The van der Waals surface area contributed by atoms with Crippen molar-refractivity contribution in [2.75, 3.05) is 0 Å². The molecule has 0 saturated heterocycles. The minimum Gasteiger partial charge on any atom is -0.456 e. The summed E-state index contributed by atoms with van der Waals surface area (Å²) < 4.78 is 6.51. The largest absolute Gasteiger partial charge is 0.456 e. The fourth-order valence-electron chi connectivity index (χ4n) is 7.14. The molecule has 0 saturated carbocycles. The van der Waals surface area contributed by atoms with Crippen LogP contribution in [0.5, 0.6) is 0 Å². The Labute approximate surface area is 282 Å². The zero-order valence-electron chi connectivity index (χ0n) is 26.3. The summed E-state index contributed by atoms with van der Waals surface area (Å²) in [6, 6.07) is 56.9. The van der Waals surface area contributed by atoms with Gasteiger partial charge in [-0.25, -0.2) is 15.0 Å². The molecule has 10 aromatic rings. The van der Waals surface area contributed by atoms with Crippen LogP contribution < -0.4 is 0 Å². The van der Waals surface area contributed by atoms with Crippen molar-refractivity contribution in [1.29, 1.82) is 0 Å². The quantitative estimate of drug-likeness (QED) is 0.183. The molecule has 10 rings (SSSR count). The van der Waals surface area contributed by atoms with Gasteiger partial charge in [-0.05, 0) is 67.7 Å². The first-order chi connectivity index (χ1) is 24.3. The van der Waals surface area contributed by atoms with Crippen LogP contribution >= 0.6 is 0 Å². The summed E-state index contributed by atoms with van der Waals surface area (Å²) >= 11 is 0. The van der Waals surface area contributed by atoms with Crippen molar-refractivity contribution >= 4 is 54.3 Å². The highest BCUT2D eigenvalue weighted by Gasteiger charge is 2.20. The number of nitrogens with zero attached hydrogens (tertiary/aromatic N) is 3. The fourth-order valence-corrected chi connectivity index (χ4v) is 7.14. The number of hydrogen-bond donors (Lipinski definition) is 0. The lowest BCUT2D eigenvalue weighted by molar-refractivity contribution is 0.669. The average molecular weight is 626 g/mol. The van der Waals surface area contributed by atoms with Gasteiger partial charge in [-0.1, -0.05) is 140 Å². The summed E-state index contributed by atoms with van der Waals surface area (Å²) in [6.07, 6.45) is 0. The first kappa shape index (κ1) is 27.5. The topological polar surface area (TPSA) is 51.8 Å². The van der Waals surface area contributed by atoms with E-state index in [1.807, 2.05) is 48.5 Å². The van der Waals surface area contributed by atoms with Gasteiger partial charge in [0.1, 0.15) is 11.2 Å². The Balaban J connectivity index is 1.21. The highest BCUT2D eigenvalue weighted by molar-refractivity contribution is 6.18. The molecule has 8 aromatic carbocycles. The third-order valence-corrected chi connectivity index (χ3v) is 9.49. The van der Waals surface area contributed by atoms with Gasteiger partial charge < -0.3 is 4.42 Å². The molecular weight excluding hydrogens is 599 g/mol. The predicted molar refractivity (Wildman–Crippen MR) is 201 cm³/mol. The van der Waals surface area contributed by atoms with Crippen LogP contribution in [0.3, 0.4) is 0 Å². The van der Waals surface area contributed by atoms with Crippen LogP contribution in [-0.4, -0.2) is 15.0 Å². The predicted octanol–water partition coefficient (Wildman–Crippen LogP) is 11.9. The molecule has 0 spiro atoms. The highest BCUT2D eigenvalue weighted by Crippen LogP contribution is 2.42. The molecule has 0 aliphatic heterocycles. The summed E-state index contributed by atoms with van der Waals surface area (Å²) in [5.74, 6) is 1.85. The van der Waals surface area contributed by atoms with E-state index in [0.29, 0.717) is 17.5 Å². The molecule has 0 N–H and O–H groups in total. The first-order valence-corrected chi connectivity index (χ1v) is 16.4. The van der Waals surface area contributed by atoms with Crippen LogP contribution in [0.4, 0.5) is 0 Å². The number of hydrogen-bond acceptors (Lipinski definition) is 4. The molecule has 228 valence electrons. The summed E-state index contributed by atoms with van der Waals surface area (Å²) in [4.78, 5) is 15.4. The van der Waals surface area contributed by atoms with E-state index < -0.39 is 0 Å². The van der Waals surface area contributed by atoms with E-state index in [9.17, 15) is 0 Å². The van der Waals surface area contributed by atoms with Gasteiger partial charge in [0.05, 0.1) is 0 Å². The van der Waals surface area contributed by atoms with Crippen molar-refractivity contribution in [3.63, 3.8) is 0 Å². The van der Waals surface area contributed by atoms with Crippen LogP contribution in [0.1, 0.15) is 0 Å². The molecule has 0 amide bonds. The molecule has 0 aliphatic rings. The van der Waals surface area contributed by atoms with Gasteiger partial charge in [-0.2, -0.15) is 0 Å². The van der Waals surface area contributed by atoms with Crippen molar-refractivity contribution < 1.29 is 4.42 Å². The smallest absolute Gasteiger partial charge is 0.164 e. The van der Waals surface area contributed by atoms with Crippen molar-refractivity contribution in [3.8, 4) is 45.3 Å². The SMILES string of the molecule is c1ccc(-c2nc(-c3ccc4c(ccc5ccccc54)c3)nc(-c3cccc4oc5cccc(-c6ccc7ccccc7c6)c5c34)n2)cc1. The van der Waals surface area contributed by atoms with E-state index in [1.165, 1.54) is 26.9 Å². The van der Waals surface area contributed by atoms with Crippen LogP contribution in [-0.2, 0) is 0 Å². The molecule has 49 heavy (non-hydrogen) atoms. The highest BCUT2D eigenvalue weighted by atomic mass is 16.3. The van der Waals surface area contributed by atoms with Gasteiger partial charge in [0, 0.05) is 27.5 Å². The number of aromatic nitrogens is 3. The molecule has 4 heteroatoms. The van der Waals surface area contributed by atoms with Crippen LogP contribution in [0.15, 0.2) is 168 Å². The van der Waals surface area contributed by atoms with Crippen LogP contribution in [0.25, 0.3) is 99.5 Å². The normalized spacial score (nSPS) is 11.7. The van der Waals surface area contributed by atoms with Gasteiger partial charge in [0.25, 0.3) is 0 Å². The maximum Gasteiger partial charge on any atom is 0.164 e. The van der Waals surface area contributed by atoms with E-state index >= 15 is 0 Å². The third-order valence-electron chi connectivity index (χ3n) is 9.49. The maximum atomic E-state index is 6.51. The van der Waals surface area contributed by atoms with Gasteiger partial charge >= 0.3 is 0 Å². The molecule has 2 heterocycles. The fraction of sp³-hybridized carbons (Fsp3) is 0. The Hall–Kier alpha value is -6.65. The van der Waals surface area contributed by atoms with E-state index in [2.05, 4.69) is 115 Å². The molecule has 2 aromatic heterocycles. The second-order valence-electron chi connectivity index (χ2n) is 12.4. The average Bonchev–Trinajstić information content (AvgIpc) is 3.57. The summed E-state index contributed by atoms with van der Waals surface area (Å²) in [6.45, 7) is 0. The van der Waals surface area contributed by atoms with E-state index in [4.69, 9.17) is 19.4 Å². The molecule has 4 nitrogen and oxygen atoms in total. The zero-order chi connectivity index (χ0) is 32.3. The lowest BCUT2D eigenvalue weighted by atomic mass is 9.95. The first-order valence-electron chi connectivity index (χ1n) is 16.4. The number of rotatable bonds is 4. The van der Waals surface area contributed by atoms with Crippen molar-refractivity contribution in [3.05, 3.63) is 164 Å². The number of fused-ring (bicyclic) bond motifs is 7. The van der Waals surface area contributed by atoms with Crippen molar-refractivity contribution in [2.45, 2.75) is 0 Å². The Morgan fingerprint density at radius 1 is 0.327 bits per heavy atom. The standard InChI is InChI=1S/C45H27N3O/c1-2-12-30(13-3-1)43-46-44(34-24-25-36-32(27-34)23-21-29-11-6-7-15-35(29)36)48-45(47-43)38-17-9-19-40-42(38)41-37(16-8-18-39(41)49-40)33-22-20-28-10-4-5-14-31(28)26-33/h1-27H. The molecule has 0 unspecified atom stereocenters. The molecule has 0 bridgehead atoms. The summed E-state index contributed by atoms with van der Waals surface area (Å²) in [5.41, 5.74) is 6.62. The monoisotopic (exact) mass is 625 g/mol. The van der Waals surface area contributed by atoms with Gasteiger partial charge in [-0.15, -0.1) is 0 Å². The Kier molecular flexibility index (Phi) is 6.15. The van der Waals surface area contributed by atoms with E-state index in [-0.39, 0.29) is 0 Å². The lowest BCUT2D eigenvalue weighted by Crippen LogP contribution is -2.00. The minimum absolute atomic E-state index is 0.601.